The SMILES string of the molecule is CC(C)NC(=O)Nc1ccc2c(c1)C(=O)N([C@@H](C)CO)C[C@@H](C)[C@@H](CN(C)Cc1ccc(C(F)(F)F)cc1)OCCCC[C@@H](C)O2. The number of aliphatic hydroxyl groups is 1. The van der Waals surface area contributed by atoms with Crippen LogP contribution in [0.4, 0.5) is 23.7 Å². The summed E-state index contributed by atoms with van der Waals surface area (Å²) in [4.78, 5) is 30.2. The smallest absolute Gasteiger partial charge is 0.416 e. The van der Waals surface area contributed by atoms with Gasteiger partial charge in [0, 0.05) is 43.9 Å². The largest absolute Gasteiger partial charge is 0.490 e. The minimum atomic E-state index is -4.39. The van der Waals surface area contributed by atoms with Crippen molar-refractivity contribution >= 4 is 17.6 Å². The van der Waals surface area contributed by atoms with E-state index in [1.807, 2.05) is 39.6 Å². The molecule has 0 aliphatic carbocycles. The van der Waals surface area contributed by atoms with Crippen molar-refractivity contribution in [3.63, 3.8) is 0 Å². The van der Waals surface area contributed by atoms with E-state index in [9.17, 15) is 27.9 Å². The van der Waals surface area contributed by atoms with Crippen LogP contribution in [0.25, 0.3) is 0 Å². The van der Waals surface area contributed by atoms with E-state index in [-0.39, 0.29) is 48.8 Å². The van der Waals surface area contributed by atoms with Crippen molar-refractivity contribution in [3.05, 3.63) is 59.2 Å². The van der Waals surface area contributed by atoms with Gasteiger partial charge in [0.15, 0.2) is 0 Å². The topological polar surface area (TPSA) is 103 Å². The lowest BCUT2D eigenvalue weighted by molar-refractivity contribution is -0.137. The number of nitrogens with one attached hydrogen (secondary N) is 2. The van der Waals surface area contributed by atoms with Gasteiger partial charge in [0.25, 0.3) is 5.91 Å². The predicted molar refractivity (Wildman–Crippen MR) is 172 cm³/mol. The maximum absolute atomic E-state index is 14.2. The van der Waals surface area contributed by atoms with E-state index >= 15 is 0 Å². The molecule has 1 aliphatic heterocycles. The van der Waals surface area contributed by atoms with Crippen LogP contribution < -0.4 is 15.4 Å². The first-order valence-electron chi connectivity index (χ1n) is 15.9. The number of nitrogens with zero attached hydrogens (tertiary/aromatic N) is 2. The maximum Gasteiger partial charge on any atom is 0.416 e. The van der Waals surface area contributed by atoms with Gasteiger partial charge in [0.05, 0.1) is 36.0 Å². The number of halogens is 3. The van der Waals surface area contributed by atoms with Crippen molar-refractivity contribution in [2.45, 2.75) is 90.9 Å². The molecule has 0 bridgehead atoms. The van der Waals surface area contributed by atoms with E-state index in [1.54, 1.807) is 30.0 Å². The van der Waals surface area contributed by atoms with Crippen LogP contribution >= 0.6 is 0 Å². The van der Waals surface area contributed by atoms with Gasteiger partial charge in [-0.25, -0.2) is 4.79 Å². The van der Waals surface area contributed by atoms with Crippen molar-refractivity contribution < 1.29 is 37.3 Å². The fraction of sp³-hybridized carbons (Fsp3) is 0.588. The van der Waals surface area contributed by atoms with Crippen molar-refractivity contribution in [2.75, 3.05) is 38.7 Å². The Morgan fingerprint density at radius 3 is 2.43 bits per heavy atom. The van der Waals surface area contributed by atoms with Crippen LogP contribution in [0.1, 0.15) is 75.4 Å². The molecule has 0 spiro atoms. The molecule has 0 unspecified atom stereocenters. The van der Waals surface area contributed by atoms with Crippen molar-refractivity contribution in [3.8, 4) is 5.75 Å². The average Bonchev–Trinajstić information content (AvgIpc) is 2.98. The zero-order valence-electron chi connectivity index (χ0n) is 27.7. The summed E-state index contributed by atoms with van der Waals surface area (Å²) in [6, 6.07) is 9.13. The highest BCUT2D eigenvalue weighted by Gasteiger charge is 2.31. The van der Waals surface area contributed by atoms with Gasteiger partial charge in [-0.15, -0.1) is 0 Å². The summed E-state index contributed by atoms with van der Waals surface area (Å²) >= 11 is 0. The third-order valence-electron chi connectivity index (χ3n) is 7.95. The molecule has 9 nitrogen and oxygen atoms in total. The molecule has 1 heterocycles. The number of amides is 3. The van der Waals surface area contributed by atoms with E-state index in [0.29, 0.717) is 31.1 Å². The molecule has 1 aliphatic rings. The van der Waals surface area contributed by atoms with Gasteiger partial charge in [-0.3, -0.25) is 9.69 Å². The molecule has 0 fully saturated rings. The second kappa shape index (κ2) is 17.0. The standard InChI is InChI=1S/C34H49F3N4O5/c1-22(2)38-33(44)39-28-14-15-30-29(17-28)32(43)41(24(4)21-42)18-23(3)31(45-16-8-7-9-25(5)46-30)20-40(6)19-26-10-12-27(13-11-26)34(35,36)37/h10-15,17,22-25,31,42H,7-9,16,18-21H2,1-6H3,(H2,38,39,44)/t23-,24+,25-,31-/m1/s1. The van der Waals surface area contributed by atoms with Crippen LogP contribution in [0, 0.1) is 5.92 Å². The van der Waals surface area contributed by atoms with Gasteiger partial charge in [-0.1, -0.05) is 19.1 Å². The Morgan fingerprint density at radius 1 is 1.11 bits per heavy atom. The number of alkyl halides is 3. The number of hydrogen-bond donors (Lipinski definition) is 3. The molecule has 3 N–H and O–H groups in total. The van der Waals surface area contributed by atoms with E-state index in [2.05, 4.69) is 10.6 Å². The zero-order chi connectivity index (χ0) is 34.0. The summed E-state index contributed by atoms with van der Waals surface area (Å²) in [6.45, 7) is 10.8. The van der Waals surface area contributed by atoms with E-state index < -0.39 is 23.8 Å². The van der Waals surface area contributed by atoms with Gasteiger partial charge in [0.1, 0.15) is 5.75 Å². The van der Waals surface area contributed by atoms with Crippen LogP contribution in [0.5, 0.6) is 5.75 Å². The van der Waals surface area contributed by atoms with Crippen molar-refractivity contribution in [2.24, 2.45) is 5.92 Å². The fourth-order valence-electron chi connectivity index (χ4n) is 5.37. The van der Waals surface area contributed by atoms with E-state index in [4.69, 9.17) is 9.47 Å². The lowest BCUT2D eigenvalue weighted by Gasteiger charge is -2.36. The monoisotopic (exact) mass is 650 g/mol. The maximum atomic E-state index is 14.2. The van der Waals surface area contributed by atoms with Gasteiger partial charge in [0.2, 0.25) is 0 Å². The molecule has 0 aromatic heterocycles. The third kappa shape index (κ3) is 11.2. The average molecular weight is 651 g/mol. The minimum absolute atomic E-state index is 0.0744. The molecule has 4 atom stereocenters. The lowest BCUT2D eigenvalue weighted by Crippen LogP contribution is -2.47. The Morgan fingerprint density at radius 2 is 1.80 bits per heavy atom. The van der Waals surface area contributed by atoms with E-state index in [1.165, 1.54) is 12.1 Å². The Bertz CT molecular complexity index is 1270. The number of rotatable bonds is 8. The van der Waals surface area contributed by atoms with Crippen LogP contribution in [-0.2, 0) is 17.5 Å². The predicted octanol–water partition coefficient (Wildman–Crippen LogP) is 6.16. The summed E-state index contributed by atoms with van der Waals surface area (Å²) in [5, 5.41) is 15.7. The quantitative estimate of drug-likeness (QED) is 0.316. The molecular formula is C34H49F3N4O5. The Hall–Kier alpha value is -3.35. The van der Waals surface area contributed by atoms with E-state index in [0.717, 1.165) is 37.0 Å². The lowest BCUT2D eigenvalue weighted by atomic mass is 10.0. The molecule has 256 valence electrons. The second-order valence-corrected chi connectivity index (χ2v) is 12.7. The van der Waals surface area contributed by atoms with Gasteiger partial charge >= 0.3 is 12.2 Å². The second-order valence-electron chi connectivity index (χ2n) is 12.7. The van der Waals surface area contributed by atoms with Crippen LogP contribution in [-0.4, -0.2) is 84.5 Å². The first-order chi connectivity index (χ1) is 21.7. The number of aliphatic hydroxyl groups excluding tert-OH is 1. The number of carbonyl (C=O) groups is 2. The summed E-state index contributed by atoms with van der Waals surface area (Å²) < 4.78 is 51.7. The number of urea groups is 1. The summed E-state index contributed by atoms with van der Waals surface area (Å²) in [6.07, 6.45) is -2.50. The molecule has 2 aromatic rings. The van der Waals surface area contributed by atoms with Crippen LogP contribution in [0.3, 0.4) is 0 Å². The fourth-order valence-corrected chi connectivity index (χ4v) is 5.37. The van der Waals surface area contributed by atoms with Crippen LogP contribution in [0.2, 0.25) is 0 Å². The van der Waals surface area contributed by atoms with Crippen molar-refractivity contribution in [1.29, 1.82) is 0 Å². The number of hydrogen-bond acceptors (Lipinski definition) is 6. The van der Waals surface area contributed by atoms with Gasteiger partial charge < -0.3 is 30.1 Å². The van der Waals surface area contributed by atoms with Gasteiger partial charge in [-0.05, 0) is 89.9 Å². The van der Waals surface area contributed by atoms with Crippen LogP contribution in [0.15, 0.2) is 42.5 Å². The Balaban J connectivity index is 1.87. The molecule has 3 amide bonds. The third-order valence-corrected chi connectivity index (χ3v) is 7.95. The number of ether oxygens (including phenoxy) is 2. The molecule has 3 rings (SSSR count). The normalized spacial score (nSPS) is 20.9. The number of fused-ring (bicyclic) bond motifs is 1. The summed E-state index contributed by atoms with van der Waals surface area (Å²) in [5.41, 5.74) is 0.758. The molecule has 0 saturated heterocycles. The highest BCUT2D eigenvalue weighted by Crippen LogP contribution is 2.30. The number of anilines is 1. The number of benzene rings is 2. The Kier molecular flexibility index (Phi) is 13.7. The molecule has 2 aromatic carbocycles. The summed E-state index contributed by atoms with van der Waals surface area (Å²) in [5.74, 6) is -0.119. The summed E-state index contributed by atoms with van der Waals surface area (Å²) in [7, 11) is 1.89. The molecule has 0 radical (unpaired) electrons. The molecular weight excluding hydrogens is 601 g/mol. The highest BCUT2D eigenvalue weighted by atomic mass is 19.4. The molecule has 0 saturated carbocycles. The zero-order valence-corrected chi connectivity index (χ0v) is 27.7. The van der Waals surface area contributed by atoms with Gasteiger partial charge in [-0.2, -0.15) is 13.2 Å². The first kappa shape index (κ1) is 37.1. The number of likely N-dealkylation sites (N-methyl/N-ethyl adjacent to an activating group) is 1. The Labute approximate surface area is 270 Å². The first-order valence-corrected chi connectivity index (χ1v) is 15.9. The molecule has 46 heavy (non-hydrogen) atoms. The highest BCUT2D eigenvalue weighted by molar-refractivity contribution is 5.99. The molecule has 12 heteroatoms. The van der Waals surface area contributed by atoms with Crippen molar-refractivity contribution in [1.82, 2.24) is 15.1 Å². The minimum Gasteiger partial charge on any atom is -0.490 e. The number of carbonyl (C=O) groups excluding carboxylic acids is 2.